The monoisotopic (exact) mass is 311 g/mol. The van der Waals surface area contributed by atoms with Crippen LogP contribution in [0.5, 0.6) is 5.75 Å². The van der Waals surface area contributed by atoms with Crippen molar-refractivity contribution < 1.29 is 19.4 Å². The Balaban J connectivity index is 2.00. The standard InChI is InChI=1S/C15H18ClNO4/c1-8(2)5-11(15(19)20)17-14(18)13-7-9-6-10(16)3-4-12(9)21-13/h3-4,6,8,11,13H,5,7H2,1-2H3,(H,17,18)(H,19,20). The van der Waals surface area contributed by atoms with Crippen molar-refractivity contribution in [2.24, 2.45) is 5.92 Å². The van der Waals surface area contributed by atoms with Gasteiger partial charge in [-0.25, -0.2) is 4.79 Å². The third kappa shape index (κ3) is 3.88. The lowest BCUT2D eigenvalue weighted by Crippen LogP contribution is -2.47. The number of amides is 1. The van der Waals surface area contributed by atoms with E-state index in [0.29, 0.717) is 23.6 Å². The summed E-state index contributed by atoms with van der Waals surface area (Å²) in [6.07, 6.45) is 0.0787. The molecule has 6 heteroatoms. The smallest absolute Gasteiger partial charge is 0.326 e. The number of hydrogen-bond acceptors (Lipinski definition) is 3. The highest BCUT2D eigenvalue weighted by Crippen LogP contribution is 2.31. The summed E-state index contributed by atoms with van der Waals surface area (Å²) in [5.41, 5.74) is 0.860. The number of halogens is 1. The fourth-order valence-electron chi connectivity index (χ4n) is 2.32. The van der Waals surface area contributed by atoms with Gasteiger partial charge in [0.2, 0.25) is 0 Å². The molecule has 114 valence electrons. The summed E-state index contributed by atoms with van der Waals surface area (Å²) in [5.74, 6) is -0.645. The predicted octanol–water partition coefficient (Wildman–Crippen LogP) is 2.26. The highest BCUT2D eigenvalue weighted by molar-refractivity contribution is 6.30. The SMILES string of the molecule is CC(C)CC(NC(=O)C1Cc2cc(Cl)ccc2O1)C(=O)O. The summed E-state index contributed by atoms with van der Waals surface area (Å²) in [6, 6.07) is 4.27. The van der Waals surface area contributed by atoms with Crippen LogP contribution < -0.4 is 10.1 Å². The number of hydrogen-bond donors (Lipinski definition) is 2. The van der Waals surface area contributed by atoms with Crippen molar-refractivity contribution in [3.05, 3.63) is 28.8 Å². The summed E-state index contributed by atoms with van der Waals surface area (Å²) >= 11 is 5.90. The van der Waals surface area contributed by atoms with E-state index < -0.39 is 24.0 Å². The summed E-state index contributed by atoms with van der Waals surface area (Å²) in [5, 5.41) is 12.3. The van der Waals surface area contributed by atoms with Gasteiger partial charge in [0, 0.05) is 11.4 Å². The lowest BCUT2D eigenvalue weighted by Gasteiger charge is -2.18. The molecule has 2 rings (SSSR count). The van der Waals surface area contributed by atoms with Crippen molar-refractivity contribution in [1.82, 2.24) is 5.32 Å². The number of carbonyl (C=O) groups excluding carboxylic acids is 1. The number of carboxylic acid groups (broad SMARTS) is 1. The number of carbonyl (C=O) groups is 2. The molecule has 1 aromatic carbocycles. The average Bonchev–Trinajstić information content (AvgIpc) is 2.80. The zero-order valence-corrected chi connectivity index (χ0v) is 12.7. The van der Waals surface area contributed by atoms with E-state index in [2.05, 4.69) is 5.32 Å². The van der Waals surface area contributed by atoms with Crippen LogP contribution in [0.4, 0.5) is 0 Å². The molecule has 5 nitrogen and oxygen atoms in total. The van der Waals surface area contributed by atoms with Crippen molar-refractivity contribution in [3.63, 3.8) is 0 Å². The molecule has 0 bridgehead atoms. The first-order valence-corrected chi connectivity index (χ1v) is 7.23. The minimum atomic E-state index is -1.03. The van der Waals surface area contributed by atoms with Gasteiger partial charge in [0.05, 0.1) is 0 Å². The van der Waals surface area contributed by atoms with Crippen molar-refractivity contribution in [2.45, 2.75) is 38.8 Å². The van der Waals surface area contributed by atoms with E-state index >= 15 is 0 Å². The van der Waals surface area contributed by atoms with Gasteiger partial charge in [0.15, 0.2) is 6.10 Å². The van der Waals surface area contributed by atoms with E-state index in [1.807, 2.05) is 13.8 Å². The summed E-state index contributed by atoms with van der Waals surface area (Å²) < 4.78 is 5.55. The fourth-order valence-corrected chi connectivity index (χ4v) is 2.52. The molecular weight excluding hydrogens is 294 g/mol. The summed E-state index contributed by atoms with van der Waals surface area (Å²) in [4.78, 5) is 23.3. The topological polar surface area (TPSA) is 75.6 Å². The average molecular weight is 312 g/mol. The molecule has 1 amide bonds. The van der Waals surface area contributed by atoms with Crippen LogP contribution in [0.25, 0.3) is 0 Å². The van der Waals surface area contributed by atoms with Crippen LogP contribution in [-0.4, -0.2) is 29.1 Å². The molecule has 0 radical (unpaired) electrons. The molecule has 2 N–H and O–H groups in total. The van der Waals surface area contributed by atoms with Crippen LogP contribution >= 0.6 is 11.6 Å². The fraction of sp³-hybridized carbons (Fsp3) is 0.467. The maximum absolute atomic E-state index is 12.2. The van der Waals surface area contributed by atoms with Crippen molar-refractivity contribution in [3.8, 4) is 5.75 Å². The number of carboxylic acids is 1. The lowest BCUT2D eigenvalue weighted by atomic mass is 10.0. The van der Waals surface area contributed by atoms with Crippen LogP contribution in [0.3, 0.4) is 0 Å². The molecule has 21 heavy (non-hydrogen) atoms. The van der Waals surface area contributed by atoms with Crippen LogP contribution in [0.15, 0.2) is 18.2 Å². The van der Waals surface area contributed by atoms with Gasteiger partial charge in [-0.15, -0.1) is 0 Å². The Bertz CT molecular complexity index is 559. The van der Waals surface area contributed by atoms with E-state index in [9.17, 15) is 9.59 Å². The van der Waals surface area contributed by atoms with Gasteiger partial charge in [0.1, 0.15) is 11.8 Å². The van der Waals surface area contributed by atoms with E-state index in [-0.39, 0.29) is 5.92 Å². The molecule has 1 aromatic rings. The maximum atomic E-state index is 12.2. The zero-order chi connectivity index (χ0) is 15.6. The van der Waals surface area contributed by atoms with Crippen molar-refractivity contribution in [1.29, 1.82) is 0 Å². The number of ether oxygens (including phenoxy) is 1. The zero-order valence-electron chi connectivity index (χ0n) is 11.9. The summed E-state index contributed by atoms with van der Waals surface area (Å²) in [6.45, 7) is 3.82. The molecular formula is C15H18ClNO4. The van der Waals surface area contributed by atoms with Crippen LogP contribution in [0, 0.1) is 5.92 Å². The van der Waals surface area contributed by atoms with Gasteiger partial charge in [-0.1, -0.05) is 25.4 Å². The van der Waals surface area contributed by atoms with Gasteiger partial charge >= 0.3 is 5.97 Å². The van der Waals surface area contributed by atoms with E-state index in [4.69, 9.17) is 21.4 Å². The second kappa shape index (κ2) is 6.35. The Hall–Kier alpha value is -1.75. The first-order chi connectivity index (χ1) is 9.86. The predicted molar refractivity (Wildman–Crippen MR) is 78.6 cm³/mol. The lowest BCUT2D eigenvalue weighted by molar-refractivity contribution is -0.143. The molecule has 0 saturated heterocycles. The van der Waals surface area contributed by atoms with Crippen LogP contribution in [-0.2, 0) is 16.0 Å². The molecule has 2 atom stereocenters. The largest absolute Gasteiger partial charge is 0.480 e. The number of fused-ring (bicyclic) bond motifs is 1. The van der Waals surface area contributed by atoms with Gasteiger partial charge < -0.3 is 15.2 Å². The Kier molecular flexibility index (Phi) is 4.73. The van der Waals surface area contributed by atoms with Gasteiger partial charge in [0.25, 0.3) is 5.91 Å². The number of benzene rings is 1. The molecule has 0 fully saturated rings. The molecule has 2 unspecified atom stereocenters. The minimum Gasteiger partial charge on any atom is -0.480 e. The first-order valence-electron chi connectivity index (χ1n) is 6.85. The van der Waals surface area contributed by atoms with Gasteiger partial charge in [-0.2, -0.15) is 0 Å². The highest BCUT2D eigenvalue weighted by atomic mass is 35.5. The molecule has 0 saturated carbocycles. The number of nitrogens with one attached hydrogen (secondary N) is 1. The molecule has 0 aromatic heterocycles. The van der Waals surface area contributed by atoms with Crippen LogP contribution in [0.2, 0.25) is 5.02 Å². The number of aliphatic carboxylic acids is 1. The molecule has 1 aliphatic heterocycles. The highest BCUT2D eigenvalue weighted by Gasteiger charge is 2.32. The Morgan fingerprint density at radius 1 is 1.48 bits per heavy atom. The Morgan fingerprint density at radius 2 is 2.19 bits per heavy atom. The summed E-state index contributed by atoms with van der Waals surface area (Å²) in [7, 11) is 0. The first kappa shape index (κ1) is 15.6. The molecule has 1 aliphatic rings. The molecule has 1 heterocycles. The van der Waals surface area contributed by atoms with E-state index in [0.717, 1.165) is 5.56 Å². The Morgan fingerprint density at radius 3 is 2.81 bits per heavy atom. The quantitative estimate of drug-likeness (QED) is 0.874. The van der Waals surface area contributed by atoms with Crippen molar-refractivity contribution >= 4 is 23.5 Å². The molecule has 0 aliphatic carbocycles. The van der Waals surface area contributed by atoms with E-state index in [1.165, 1.54) is 0 Å². The number of rotatable bonds is 5. The van der Waals surface area contributed by atoms with E-state index in [1.54, 1.807) is 18.2 Å². The normalized spacial score (nSPS) is 18.0. The third-order valence-corrected chi connectivity index (χ3v) is 3.55. The second-order valence-electron chi connectivity index (χ2n) is 5.59. The Labute approximate surface area is 128 Å². The van der Waals surface area contributed by atoms with Crippen molar-refractivity contribution in [2.75, 3.05) is 0 Å². The maximum Gasteiger partial charge on any atom is 0.326 e. The van der Waals surface area contributed by atoms with Gasteiger partial charge in [-0.3, -0.25) is 4.79 Å². The minimum absolute atomic E-state index is 0.173. The molecule has 0 spiro atoms. The third-order valence-electron chi connectivity index (χ3n) is 3.31. The van der Waals surface area contributed by atoms with Crippen LogP contribution in [0.1, 0.15) is 25.8 Å². The second-order valence-corrected chi connectivity index (χ2v) is 6.03. The van der Waals surface area contributed by atoms with Gasteiger partial charge in [-0.05, 0) is 36.1 Å².